The highest BCUT2D eigenvalue weighted by molar-refractivity contribution is 7.85. The lowest BCUT2D eigenvalue weighted by molar-refractivity contribution is -0.191. The third-order valence-electron chi connectivity index (χ3n) is 2.36. The molecule has 0 aromatic carbocycles. The van der Waals surface area contributed by atoms with Crippen LogP contribution in [0.15, 0.2) is 0 Å². The van der Waals surface area contributed by atoms with Gasteiger partial charge in [-0.05, 0) is 26.7 Å². The molecule has 2 saturated heterocycles. The summed E-state index contributed by atoms with van der Waals surface area (Å²) in [5.74, 6) is -0.445. The number of ether oxygens (including phenoxy) is 3. The van der Waals surface area contributed by atoms with Gasteiger partial charge in [-0.2, -0.15) is 8.42 Å². The minimum atomic E-state index is -3.16. The second kappa shape index (κ2) is 8.16. The Morgan fingerprint density at radius 3 is 2.16 bits per heavy atom. The van der Waals surface area contributed by atoms with Crippen LogP contribution < -0.4 is 0 Å². The molecule has 7 heteroatoms. The first-order chi connectivity index (χ1) is 8.73. The predicted octanol–water partition coefficient (Wildman–Crippen LogP) is 1.89. The first kappa shape index (κ1) is 18.8. The van der Waals surface area contributed by atoms with Gasteiger partial charge in [0.2, 0.25) is 0 Å². The van der Waals surface area contributed by atoms with Gasteiger partial charge in [0, 0.05) is 6.61 Å². The maximum Gasteiger partial charge on any atom is 0.264 e. The van der Waals surface area contributed by atoms with E-state index >= 15 is 0 Å². The van der Waals surface area contributed by atoms with Gasteiger partial charge >= 0.3 is 0 Å². The summed E-state index contributed by atoms with van der Waals surface area (Å²) in [6, 6.07) is 0. The number of rotatable bonds is 1. The molecule has 2 fully saturated rings. The van der Waals surface area contributed by atoms with Crippen molar-refractivity contribution >= 4 is 10.1 Å². The van der Waals surface area contributed by atoms with Crippen LogP contribution in [0.2, 0.25) is 0 Å². The van der Waals surface area contributed by atoms with E-state index in [9.17, 15) is 8.42 Å². The van der Waals surface area contributed by atoms with E-state index in [4.69, 9.17) is 14.2 Å². The number of hydrogen-bond donors (Lipinski definition) is 0. The third kappa shape index (κ3) is 7.84. The Kier molecular flexibility index (Phi) is 8.07. The maximum absolute atomic E-state index is 9.78. The normalized spacial score (nSPS) is 28.3. The summed E-state index contributed by atoms with van der Waals surface area (Å²) in [6.07, 6.45) is 3.19. The van der Waals surface area contributed by atoms with Gasteiger partial charge in [-0.25, -0.2) is 0 Å². The molecular weight excluding hydrogens is 272 g/mol. The smallest absolute Gasteiger partial charge is 0.264 e. The average molecular weight is 298 g/mol. The van der Waals surface area contributed by atoms with E-state index in [2.05, 4.69) is 4.18 Å². The second-order valence-electron chi connectivity index (χ2n) is 4.43. The molecule has 2 rings (SSSR count). The SMILES string of the molecule is CC.CC1(C)OC2CCCOC2O1.COS(C)(=O)=O. The molecule has 0 saturated carbocycles. The Labute approximate surface area is 116 Å². The fourth-order valence-corrected chi connectivity index (χ4v) is 1.62. The highest BCUT2D eigenvalue weighted by atomic mass is 32.2. The van der Waals surface area contributed by atoms with Crippen LogP contribution in [0, 0.1) is 0 Å². The van der Waals surface area contributed by atoms with Crippen molar-refractivity contribution in [3.05, 3.63) is 0 Å². The molecule has 0 aromatic rings. The van der Waals surface area contributed by atoms with Gasteiger partial charge in [0.25, 0.3) is 10.1 Å². The van der Waals surface area contributed by atoms with Gasteiger partial charge in [0.1, 0.15) is 6.10 Å². The quantitative estimate of drug-likeness (QED) is 0.688. The minimum Gasteiger partial charge on any atom is -0.350 e. The number of hydrogen-bond acceptors (Lipinski definition) is 6. The van der Waals surface area contributed by atoms with Crippen LogP contribution in [-0.2, 0) is 28.5 Å². The lowest BCUT2D eigenvalue weighted by Gasteiger charge is -2.21. The van der Waals surface area contributed by atoms with Crippen molar-refractivity contribution in [2.24, 2.45) is 0 Å². The van der Waals surface area contributed by atoms with Crippen molar-refractivity contribution in [1.82, 2.24) is 0 Å². The summed E-state index contributed by atoms with van der Waals surface area (Å²) in [7, 11) is -2.04. The third-order valence-corrected chi connectivity index (χ3v) is 2.96. The summed E-state index contributed by atoms with van der Waals surface area (Å²) in [5, 5.41) is 0. The van der Waals surface area contributed by atoms with Crippen molar-refractivity contribution in [1.29, 1.82) is 0 Å². The Balaban J connectivity index is 0.000000350. The molecule has 0 amide bonds. The van der Waals surface area contributed by atoms with Gasteiger partial charge in [-0.15, -0.1) is 0 Å². The van der Waals surface area contributed by atoms with E-state index in [1.165, 1.54) is 0 Å². The zero-order chi connectivity index (χ0) is 15.1. The van der Waals surface area contributed by atoms with Crippen LogP contribution in [-0.4, -0.2) is 46.6 Å². The first-order valence-electron chi connectivity index (χ1n) is 6.46. The molecule has 0 N–H and O–H groups in total. The molecule has 0 aromatic heterocycles. The fraction of sp³-hybridized carbons (Fsp3) is 1.00. The molecule has 2 atom stereocenters. The summed E-state index contributed by atoms with van der Waals surface area (Å²) < 4.78 is 40.0. The van der Waals surface area contributed by atoms with E-state index in [1.54, 1.807) is 0 Å². The molecular formula is C12H26O6S. The standard InChI is InChI=1S/C8H14O3.C2H6O3S.C2H6/c1-8(2)10-6-4-3-5-9-7(6)11-8;1-5-6(2,3)4;1-2/h6-7H,3-5H2,1-2H3;1-2H3;1-2H3. The van der Waals surface area contributed by atoms with Crippen LogP contribution in [0.4, 0.5) is 0 Å². The van der Waals surface area contributed by atoms with Crippen LogP contribution in [0.5, 0.6) is 0 Å². The van der Waals surface area contributed by atoms with Crippen molar-refractivity contribution in [2.45, 2.75) is 58.7 Å². The van der Waals surface area contributed by atoms with Gasteiger partial charge in [-0.3, -0.25) is 4.18 Å². The largest absolute Gasteiger partial charge is 0.350 e. The van der Waals surface area contributed by atoms with Crippen LogP contribution in [0.1, 0.15) is 40.5 Å². The molecule has 6 nitrogen and oxygen atoms in total. The van der Waals surface area contributed by atoms with Crippen molar-refractivity contribution in [3.63, 3.8) is 0 Å². The van der Waals surface area contributed by atoms with E-state index in [1.807, 2.05) is 27.7 Å². The van der Waals surface area contributed by atoms with Gasteiger partial charge < -0.3 is 14.2 Å². The average Bonchev–Trinajstić information content (AvgIpc) is 2.65. The Hall–Kier alpha value is -0.210. The van der Waals surface area contributed by atoms with Gasteiger partial charge in [0.05, 0.1) is 13.4 Å². The lowest BCUT2D eigenvalue weighted by atomic mass is 10.1. The van der Waals surface area contributed by atoms with Crippen molar-refractivity contribution in [2.75, 3.05) is 20.0 Å². The first-order valence-corrected chi connectivity index (χ1v) is 8.28. The second-order valence-corrected chi connectivity index (χ2v) is 6.17. The Morgan fingerprint density at radius 1 is 1.21 bits per heavy atom. The molecule has 19 heavy (non-hydrogen) atoms. The van der Waals surface area contributed by atoms with Crippen molar-refractivity contribution in [3.8, 4) is 0 Å². The van der Waals surface area contributed by atoms with Gasteiger partial charge in [-0.1, -0.05) is 13.8 Å². The van der Waals surface area contributed by atoms with E-state index < -0.39 is 15.9 Å². The number of fused-ring (bicyclic) bond motifs is 1. The topological polar surface area (TPSA) is 71.1 Å². The monoisotopic (exact) mass is 298 g/mol. The highest BCUT2D eigenvalue weighted by Crippen LogP contribution is 2.33. The highest BCUT2D eigenvalue weighted by Gasteiger charge is 2.43. The van der Waals surface area contributed by atoms with Crippen molar-refractivity contribution < 1.29 is 26.8 Å². The van der Waals surface area contributed by atoms with E-state index in [0.29, 0.717) is 0 Å². The maximum atomic E-state index is 9.78. The Morgan fingerprint density at radius 2 is 1.74 bits per heavy atom. The van der Waals surface area contributed by atoms with Crippen LogP contribution >= 0.6 is 0 Å². The fourth-order valence-electron chi connectivity index (χ4n) is 1.62. The minimum absolute atomic E-state index is 0.112. The summed E-state index contributed by atoms with van der Waals surface area (Å²) in [5.41, 5.74) is 0. The molecule has 0 aliphatic carbocycles. The van der Waals surface area contributed by atoms with Crippen LogP contribution in [0.3, 0.4) is 0 Å². The molecule has 2 aliphatic rings. The van der Waals surface area contributed by atoms with Crippen LogP contribution in [0.25, 0.3) is 0 Å². The Bertz CT molecular complexity index is 322. The summed E-state index contributed by atoms with van der Waals surface area (Å²) >= 11 is 0. The molecule has 0 bridgehead atoms. The zero-order valence-corrected chi connectivity index (χ0v) is 13.5. The molecule has 0 spiro atoms. The van der Waals surface area contributed by atoms with E-state index in [-0.39, 0.29) is 12.4 Å². The lowest BCUT2D eigenvalue weighted by Crippen LogP contribution is -2.30. The van der Waals surface area contributed by atoms with E-state index in [0.717, 1.165) is 32.8 Å². The predicted molar refractivity (Wildman–Crippen MR) is 72.2 cm³/mol. The van der Waals surface area contributed by atoms with Gasteiger partial charge in [0.15, 0.2) is 12.1 Å². The molecule has 0 radical (unpaired) electrons. The molecule has 2 unspecified atom stereocenters. The zero-order valence-electron chi connectivity index (χ0n) is 12.6. The molecule has 116 valence electrons. The summed E-state index contributed by atoms with van der Waals surface area (Å²) in [6.45, 7) is 8.66. The summed E-state index contributed by atoms with van der Waals surface area (Å²) in [4.78, 5) is 0. The molecule has 2 heterocycles. The molecule has 2 aliphatic heterocycles.